The first-order valence-electron chi connectivity index (χ1n) is 16.3. The predicted molar refractivity (Wildman–Crippen MR) is 191 cm³/mol. The smallest absolute Gasteiger partial charge is 0.408 e. The second-order valence-corrected chi connectivity index (χ2v) is 11.8. The average Bonchev–Trinajstić information content (AvgIpc) is 3.10. The second kappa shape index (κ2) is 20.6. The zero-order valence-corrected chi connectivity index (χ0v) is 28.0. The van der Waals surface area contributed by atoms with Crippen LogP contribution in [0, 0.1) is 5.92 Å². The van der Waals surface area contributed by atoms with Gasteiger partial charge in [-0.05, 0) is 41.5 Å². The Morgan fingerprint density at radius 1 is 0.776 bits per heavy atom. The Hall–Kier alpha value is -5.65. The van der Waals surface area contributed by atoms with Gasteiger partial charge in [0, 0.05) is 31.6 Å². The van der Waals surface area contributed by atoms with E-state index in [0.29, 0.717) is 6.42 Å². The van der Waals surface area contributed by atoms with Gasteiger partial charge >= 0.3 is 6.09 Å². The van der Waals surface area contributed by atoms with E-state index in [1.165, 1.54) is 6.08 Å². The second-order valence-electron chi connectivity index (χ2n) is 11.8. The summed E-state index contributed by atoms with van der Waals surface area (Å²) in [5.41, 5.74) is 13.4. The summed E-state index contributed by atoms with van der Waals surface area (Å²) < 4.78 is 5.35. The van der Waals surface area contributed by atoms with Crippen molar-refractivity contribution >= 4 is 35.9 Å². The molecule has 260 valence electrons. The highest BCUT2D eigenvalue weighted by atomic mass is 16.5. The van der Waals surface area contributed by atoms with E-state index in [9.17, 15) is 19.2 Å². The molecule has 3 rings (SSSR count). The fraction of sp³-hybridized carbons (Fsp3) is 0.324. The van der Waals surface area contributed by atoms with Crippen molar-refractivity contribution < 1.29 is 23.9 Å². The number of hydrogen-bond donors (Lipinski definition) is 6. The number of guanidine groups is 1. The monoisotopic (exact) mass is 669 g/mol. The Bertz CT molecular complexity index is 1530. The number of hydrogen-bond acceptors (Lipinski definition) is 6. The summed E-state index contributed by atoms with van der Waals surface area (Å²) in [5.74, 6) is -1.43. The Labute approximate surface area is 287 Å². The third-order valence-electron chi connectivity index (χ3n) is 7.54. The number of amides is 4. The van der Waals surface area contributed by atoms with E-state index in [1.54, 1.807) is 6.08 Å². The van der Waals surface area contributed by atoms with E-state index < -0.39 is 36.0 Å². The van der Waals surface area contributed by atoms with E-state index in [0.717, 1.165) is 16.7 Å². The maximum atomic E-state index is 13.8. The molecule has 0 aliphatic heterocycles. The summed E-state index contributed by atoms with van der Waals surface area (Å²) in [5, 5.41) is 11.3. The zero-order valence-electron chi connectivity index (χ0n) is 28.0. The molecule has 0 radical (unpaired) electrons. The molecule has 3 aromatic carbocycles. The van der Waals surface area contributed by atoms with Gasteiger partial charge in [0.2, 0.25) is 17.7 Å². The number of nitrogens with one attached hydrogen (secondary N) is 4. The summed E-state index contributed by atoms with van der Waals surface area (Å²) in [7, 11) is 0. The molecule has 12 nitrogen and oxygen atoms in total. The van der Waals surface area contributed by atoms with E-state index in [1.807, 2.05) is 105 Å². The minimum Gasteiger partial charge on any atom is -0.445 e. The van der Waals surface area contributed by atoms with Crippen LogP contribution in [0.25, 0.3) is 6.08 Å². The molecular formula is C37H47N7O5. The van der Waals surface area contributed by atoms with Gasteiger partial charge in [0.05, 0.1) is 0 Å². The highest BCUT2D eigenvalue weighted by molar-refractivity contribution is 5.92. The molecule has 49 heavy (non-hydrogen) atoms. The van der Waals surface area contributed by atoms with Crippen LogP contribution in [0.4, 0.5) is 4.79 Å². The molecule has 0 aromatic heterocycles. The van der Waals surface area contributed by atoms with Crippen molar-refractivity contribution in [2.75, 3.05) is 13.1 Å². The Kier molecular flexibility index (Phi) is 15.9. The number of benzene rings is 3. The van der Waals surface area contributed by atoms with Gasteiger partial charge in [0.15, 0.2) is 5.96 Å². The first-order valence-corrected chi connectivity index (χ1v) is 16.3. The lowest BCUT2D eigenvalue weighted by molar-refractivity contribution is -0.130. The zero-order chi connectivity index (χ0) is 35.4. The van der Waals surface area contributed by atoms with Gasteiger partial charge in [0.25, 0.3) is 0 Å². The summed E-state index contributed by atoms with van der Waals surface area (Å²) in [4.78, 5) is 56.8. The summed E-state index contributed by atoms with van der Waals surface area (Å²) in [6.45, 7) is 4.29. The molecule has 3 atom stereocenters. The van der Waals surface area contributed by atoms with Crippen molar-refractivity contribution in [3.63, 3.8) is 0 Å². The number of rotatable bonds is 18. The van der Waals surface area contributed by atoms with Crippen molar-refractivity contribution in [2.45, 2.75) is 57.8 Å². The lowest BCUT2D eigenvalue weighted by Crippen LogP contribution is -2.57. The number of carbonyl (C=O) groups excluding carboxylic acids is 4. The van der Waals surface area contributed by atoms with Crippen LogP contribution in [0.2, 0.25) is 0 Å². The molecule has 12 heteroatoms. The molecule has 0 unspecified atom stereocenters. The summed E-state index contributed by atoms with van der Waals surface area (Å²) >= 11 is 0. The number of aliphatic imine (C=N–C) groups is 1. The lowest BCUT2D eigenvalue weighted by Gasteiger charge is -2.27. The quantitative estimate of drug-likeness (QED) is 0.0519. The molecule has 0 spiro atoms. The third-order valence-corrected chi connectivity index (χ3v) is 7.54. The number of nitrogens with two attached hydrogens (primary N) is 2. The van der Waals surface area contributed by atoms with Gasteiger partial charge in [-0.1, -0.05) is 105 Å². The molecule has 0 bridgehead atoms. The van der Waals surface area contributed by atoms with Gasteiger partial charge in [0.1, 0.15) is 18.7 Å². The molecule has 8 N–H and O–H groups in total. The SMILES string of the molecule is CC(C)[C@@H](CNC(=O)C=Cc1ccccc1)NC(=O)[C@H](Cc1ccccc1)NC(=O)[C@H](CCCN=C(N)N)NC(=O)OCc1ccccc1. The van der Waals surface area contributed by atoms with E-state index in [2.05, 4.69) is 26.3 Å². The number of alkyl carbamates (subject to hydrolysis) is 1. The number of ether oxygens (including phenoxy) is 1. The van der Waals surface area contributed by atoms with Crippen LogP contribution < -0.4 is 32.7 Å². The third kappa shape index (κ3) is 14.8. The molecular weight excluding hydrogens is 622 g/mol. The molecule has 0 saturated heterocycles. The standard InChI is InChI=1S/C37H47N7O5/c1-26(2)32(24-41-33(45)21-20-27-13-6-3-7-14-27)43-35(47)31(23-28-15-8-4-9-16-28)42-34(46)30(19-12-22-40-36(38)39)44-37(48)49-25-29-17-10-5-11-18-29/h3-11,13-18,20-21,26,30-32H,12,19,22-25H2,1-2H3,(H,41,45)(H,42,46)(H,43,47)(H,44,48)(H4,38,39,40)/t30-,31-,32+/m0/s1. The number of carbonyl (C=O) groups is 4. The fourth-order valence-corrected chi connectivity index (χ4v) is 4.75. The Morgan fingerprint density at radius 2 is 1.37 bits per heavy atom. The van der Waals surface area contributed by atoms with Crippen molar-refractivity contribution in [3.05, 3.63) is 114 Å². The maximum absolute atomic E-state index is 13.8. The van der Waals surface area contributed by atoms with Crippen molar-refractivity contribution in [2.24, 2.45) is 22.4 Å². The molecule has 4 amide bonds. The predicted octanol–water partition coefficient (Wildman–Crippen LogP) is 3.03. The van der Waals surface area contributed by atoms with Crippen LogP contribution in [-0.2, 0) is 32.1 Å². The lowest BCUT2D eigenvalue weighted by atomic mass is 10.0. The topological polar surface area (TPSA) is 190 Å². The van der Waals surface area contributed by atoms with E-state index >= 15 is 0 Å². The molecule has 0 aliphatic carbocycles. The minimum atomic E-state index is -1.04. The minimum absolute atomic E-state index is 0.0171. The van der Waals surface area contributed by atoms with Crippen LogP contribution >= 0.6 is 0 Å². The largest absolute Gasteiger partial charge is 0.445 e. The van der Waals surface area contributed by atoms with Gasteiger partial charge in [-0.15, -0.1) is 0 Å². The van der Waals surface area contributed by atoms with Crippen molar-refractivity contribution in [1.29, 1.82) is 0 Å². The highest BCUT2D eigenvalue weighted by Gasteiger charge is 2.29. The highest BCUT2D eigenvalue weighted by Crippen LogP contribution is 2.09. The first kappa shape index (κ1) is 37.8. The van der Waals surface area contributed by atoms with Crippen LogP contribution in [0.15, 0.2) is 102 Å². The van der Waals surface area contributed by atoms with Crippen LogP contribution in [0.3, 0.4) is 0 Å². The fourth-order valence-electron chi connectivity index (χ4n) is 4.75. The van der Waals surface area contributed by atoms with Crippen LogP contribution in [0.1, 0.15) is 43.4 Å². The first-order chi connectivity index (χ1) is 23.6. The Morgan fingerprint density at radius 3 is 1.98 bits per heavy atom. The van der Waals surface area contributed by atoms with Gasteiger partial charge in [-0.3, -0.25) is 19.4 Å². The van der Waals surface area contributed by atoms with E-state index in [-0.39, 0.29) is 50.3 Å². The van der Waals surface area contributed by atoms with Crippen molar-refractivity contribution in [3.8, 4) is 0 Å². The molecule has 0 heterocycles. The summed E-state index contributed by atoms with van der Waals surface area (Å²) in [6.07, 6.45) is 3.11. The van der Waals surface area contributed by atoms with Crippen molar-refractivity contribution in [1.82, 2.24) is 21.3 Å². The van der Waals surface area contributed by atoms with Crippen LogP contribution in [0.5, 0.6) is 0 Å². The van der Waals surface area contributed by atoms with E-state index in [4.69, 9.17) is 16.2 Å². The normalized spacial score (nSPS) is 12.7. The molecule has 0 aliphatic rings. The molecule has 3 aromatic rings. The summed E-state index contributed by atoms with van der Waals surface area (Å²) in [6, 6.07) is 25.4. The van der Waals surface area contributed by atoms with Gasteiger partial charge in [-0.25, -0.2) is 4.79 Å². The Balaban J connectivity index is 1.71. The molecule has 0 saturated carbocycles. The average molecular weight is 670 g/mol. The van der Waals surface area contributed by atoms with Crippen LogP contribution in [-0.4, -0.2) is 61.0 Å². The van der Waals surface area contributed by atoms with Gasteiger partial charge in [-0.2, -0.15) is 0 Å². The molecule has 0 fully saturated rings. The number of nitrogens with zero attached hydrogens (tertiary/aromatic N) is 1. The van der Waals surface area contributed by atoms with Gasteiger partial charge < -0.3 is 37.5 Å². The maximum Gasteiger partial charge on any atom is 0.408 e.